The van der Waals surface area contributed by atoms with E-state index >= 15 is 0 Å². The van der Waals surface area contributed by atoms with Crippen molar-refractivity contribution in [3.05, 3.63) is 12.2 Å². The normalized spacial score (nSPS) is 10.7. The molecule has 0 spiro atoms. The molecule has 0 radical (unpaired) electrons. The lowest BCUT2D eigenvalue weighted by Crippen LogP contribution is -2.25. The fourth-order valence-corrected chi connectivity index (χ4v) is 1.34. The molecule has 0 unspecified atom stereocenters. The summed E-state index contributed by atoms with van der Waals surface area (Å²) in [6, 6.07) is 1.13. The number of carbonyl (C=O) groups excluding carboxylic acids is 1. The van der Waals surface area contributed by atoms with Gasteiger partial charge in [-0.2, -0.15) is 0 Å². The second-order valence-electron chi connectivity index (χ2n) is 3.26. The maximum atomic E-state index is 11.5. The summed E-state index contributed by atoms with van der Waals surface area (Å²) in [6.07, 6.45) is 0.234. The van der Waals surface area contributed by atoms with Crippen LogP contribution in [0.2, 0.25) is 6.04 Å². The fourth-order valence-electron chi connectivity index (χ4n) is 1.05. The van der Waals surface area contributed by atoms with E-state index in [9.17, 15) is 4.79 Å². The third-order valence-corrected chi connectivity index (χ3v) is 2.62. The first-order chi connectivity index (χ1) is 7.67. The topological polar surface area (TPSA) is 44.8 Å². The van der Waals surface area contributed by atoms with Gasteiger partial charge < -0.3 is 14.2 Å². The first-order valence-corrected chi connectivity index (χ1v) is 7.17. The second-order valence-corrected chi connectivity index (χ2v) is 4.26. The van der Waals surface area contributed by atoms with Crippen LogP contribution >= 0.6 is 0 Å². The number of rotatable bonds is 9. The van der Waals surface area contributed by atoms with Crippen LogP contribution in [-0.4, -0.2) is 42.3 Å². The van der Waals surface area contributed by atoms with Crippen molar-refractivity contribution in [3.63, 3.8) is 0 Å². The Morgan fingerprint density at radius 2 is 1.88 bits per heavy atom. The van der Waals surface area contributed by atoms with E-state index in [4.69, 9.17) is 14.2 Å². The van der Waals surface area contributed by atoms with E-state index in [-0.39, 0.29) is 5.57 Å². The summed E-state index contributed by atoms with van der Waals surface area (Å²) in [4.78, 5) is 11.5. The molecule has 4 nitrogen and oxygen atoms in total. The summed E-state index contributed by atoms with van der Waals surface area (Å²) in [7, 11) is 1.13. The minimum absolute atomic E-state index is 0.233. The summed E-state index contributed by atoms with van der Waals surface area (Å²) in [5.74, 6) is -0.429. The zero-order valence-electron chi connectivity index (χ0n) is 10.5. The number of carbonyl (C=O) groups is 1. The molecule has 0 aliphatic carbocycles. The molecule has 94 valence electrons. The lowest BCUT2D eigenvalue weighted by Gasteiger charge is -2.18. The van der Waals surface area contributed by atoms with Crippen molar-refractivity contribution in [3.8, 4) is 0 Å². The van der Waals surface area contributed by atoms with Crippen molar-refractivity contribution >= 4 is 16.2 Å². The smallest absolute Gasteiger partial charge is 0.338 e. The van der Waals surface area contributed by atoms with Crippen LogP contribution in [-0.2, 0) is 19.0 Å². The highest BCUT2D eigenvalue weighted by Crippen LogP contribution is 2.09. The molecule has 0 saturated carbocycles. The Bertz CT molecular complexity index is 212. The van der Waals surface area contributed by atoms with E-state index in [1.54, 1.807) is 0 Å². The molecule has 0 fully saturated rings. The number of ether oxygens (including phenoxy) is 3. The maximum Gasteiger partial charge on any atom is 0.338 e. The van der Waals surface area contributed by atoms with Crippen LogP contribution in [0.4, 0.5) is 0 Å². The van der Waals surface area contributed by atoms with Gasteiger partial charge in [0.2, 0.25) is 0 Å². The largest absolute Gasteiger partial charge is 0.462 e. The SMILES string of the molecule is C=C(C(=O)OCCC[SiH3])C(OCC)OCC. The molecule has 0 bridgehead atoms. The Morgan fingerprint density at radius 3 is 2.31 bits per heavy atom. The quantitative estimate of drug-likeness (QED) is 0.197. The summed E-state index contributed by atoms with van der Waals surface area (Å²) in [5.41, 5.74) is 0.233. The summed E-state index contributed by atoms with van der Waals surface area (Å²) >= 11 is 0. The van der Waals surface area contributed by atoms with Gasteiger partial charge in [0.15, 0.2) is 6.29 Å². The molecule has 5 heteroatoms. The second kappa shape index (κ2) is 9.56. The lowest BCUT2D eigenvalue weighted by molar-refractivity contribution is -0.150. The van der Waals surface area contributed by atoms with E-state index in [2.05, 4.69) is 6.58 Å². The van der Waals surface area contributed by atoms with Gasteiger partial charge >= 0.3 is 5.97 Å². The highest BCUT2D eigenvalue weighted by Gasteiger charge is 2.20. The first kappa shape index (κ1) is 15.3. The molecule has 0 heterocycles. The molecule has 0 aliphatic rings. The molecular formula is C11H22O4Si. The van der Waals surface area contributed by atoms with Gasteiger partial charge in [0.1, 0.15) is 0 Å². The van der Waals surface area contributed by atoms with E-state index in [1.807, 2.05) is 13.8 Å². The van der Waals surface area contributed by atoms with Crippen LogP contribution in [0.3, 0.4) is 0 Å². The molecule has 0 aromatic heterocycles. The molecule has 0 rings (SSSR count). The minimum atomic E-state index is -0.682. The highest BCUT2D eigenvalue weighted by atomic mass is 28.1. The number of hydrogen-bond acceptors (Lipinski definition) is 4. The summed E-state index contributed by atoms with van der Waals surface area (Å²) < 4.78 is 15.6. The maximum absolute atomic E-state index is 11.5. The van der Waals surface area contributed by atoms with Crippen molar-refractivity contribution in [1.82, 2.24) is 0 Å². The van der Waals surface area contributed by atoms with Gasteiger partial charge in [0, 0.05) is 23.5 Å². The molecule has 0 amide bonds. The van der Waals surface area contributed by atoms with Crippen LogP contribution in [0.5, 0.6) is 0 Å². The van der Waals surface area contributed by atoms with E-state index in [1.165, 1.54) is 0 Å². The van der Waals surface area contributed by atoms with Crippen molar-refractivity contribution in [2.45, 2.75) is 32.6 Å². The van der Waals surface area contributed by atoms with E-state index in [0.29, 0.717) is 19.8 Å². The first-order valence-electron chi connectivity index (χ1n) is 5.76. The summed E-state index contributed by atoms with van der Waals surface area (Å²) in [5, 5.41) is 0. The predicted molar refractivity (Wildman–Crippen MR) is 66.5 cm³/mol. The lowest BCUT2D eigenvalue weighted by atomic mass is 10.3. The van der Waals surface area contributed by atoms with Gasteiger partial charge in [-0.1, -0.05) is 12.6 Å². The van der Waals surface area contributed by atoms with Crippen LogP contribution in [0.25, 0.3) is 0 Å². The third kappa shape index (κ3) is 6.04. The standard InChI is InChI=1S/C11H22O4Si/c1-4-13-11(14-5-2)9(3)10(12)15-7-6-8-16/h11H,3-8H2,1-2,16H3. The van der Waals surface area contributed by atoms with Crippen LogP contribution in [0.1, 0.15) is 20.3 Å². The molecule has 0 aliphatic heterocycles. The van der Waals surface area contributed by atoms with Crippen molar-refractivity contribution < 1.29 is 19.0 Å². The zero-order valence-corrected chi connectivity index (χ0v) is 12.5. The highest BCUT2D eigenvalue weighted by molar-refractivity contribution is 6.08. The molecule has 0 atom stereocenters. The van der Waals surface area contributed by atoms with Gasteiger partial charge in [-0.15, -0.1) is 0 Å². The average Bonchev–Trinajstić information content (AvgIpc) is 2.28. The van der Waals surface area contributed by atoms with E-state index < -0.39 is 12.3 Å². The van der Waals surface area contributed by atoms with Gasteiger partial charge in [-0.3, -0.25) is 0 Å². The molecular weight excluding hydrogens is 224 g/mol. The number of hydrogen-bond donors (Lipinski definition) is 0. The van der Waals surface area contributed by atoms with Gasteiger partial charge in [0.05, 0.1) is 12.2 Å². The van der Waals surface area contributed by atoms with Gasteiger partial charge in [-0.05, 0) is 20.3 Å². The van der Waals surface area contributed by atoms with Crippen LogP contribution in [0.15, 0.2) is 12.2 Å². The monoisotopic (exact) mass is 246 g/mol. The Kier molecular flexibility index (Phi) is 9.17. The Hall–Kier alpha value is -0.653. The Labute approximate surface area is 100 Å². The third-order valence-electron chi connectivity index (χ3n) is 1.91. The van der Waals surface area contributed by atoms with Crippen molar-refractivity contribution in [2.24, 2.45) is 0 Å². The zero-order chi connectivity index (χ0) is 12.4. The summed E-state index contributed by atoms with van der Waals surface area (Å²) in [6.45, 7) is 8.72. The van der Waals surface area contributed by atoms with E-state index in [0.717, 1.165) is 22.7 Å². The number of esters is 1. The molecule has 0 saturated heterocycles. The molecule has 0 aromatic carbocycles. The fraction of sp³-hybridized carbons (Fsp3) is 0.727. The van der Waals surface area contributed by atoms with Crippen molar-refractivity contribution in [2.75, 3.05) is 19.8 Å². The molecule has 0 aromatic rings. The molecule has 0 N–H and O–H groups in total. The Morgan fingerprint density at radius 1 is 1.31 bits per heavy atom. The average molecular weight is 246 g/mol. The Balaban J connectivity index is 4.09. The predicted octanol–water partition coefficient (Wildman–Crippen LogP) is 0.659. The minimum Gasteiger partial charge on any atom is -0.462 e. The van der Waals surface area contributed by atoms with Gasteiger partial charge in [-0.25, -0.2) is 4.79 Å². The van der Waals surface area contributed by atoms with Crippen LogP contribution in [0, 0.1) is 0 Å². The van der Waals surface area contributed by atoms with Crippen molar-refractivity contribution in [1.29, 1.82) is 0 Å². The molecule has 16 heavy (non-hydrogen) atoms. The van der Waals surface area contributed by atoms with Gasteiger partial charge in [0.25, 0.3) is 0 Å². The van der Waals surface area contributed by atoms with Crippen LogP contribution < -0.4 is 0 Å².